The van der Waals surface area contributed by atoms with Crippen LogP contribution < -0.4 is 5.73 Å². The number of hydrogen-bond acceptors (Lipinski definition) is 4. The fourth-order valence-corrected chi connectivity index (χ4v) is 3.11. The molecule has 2 aromatic rings. The minimum atomic E-state index is 0.0486. The van der Waals surface area contributed by atoms with E-state index in [-0.39, 0.29) is 5.84 Å². The van der Waals surface area contributed by atoms with Crippen LogP contribution in [-0.4, -0.2) is 21.8 Å². The van der Waals surface area contributed by atoms with Gasteiger partial charge in [-0.2, -0.15) is 0 Å². The third-order valence-corrected chi connectivity index (χ3v) is 4.38. The summed E-state index contributed by atoms with van der Waals surface area (Å²) in [6.45, 7) is 1.78. The van der Waals surface area contributed by atoms with Crippen molar-refractivity contribution in [3.63, 3.8) is 0 Å². The molecule has 0 unspecified atom stereocenters. The van der Waals surface area contributed by atoms with Gasteiger partial charge in [0.25, 0.3) is 0 Å². The van der Waals surface area contributed by atoms with Crippen molar-refractivity contribution in [3.8, 4) is 0 Å². The average Bonchev–Trinajstić information content (AvgIpc) is 3.17. The molecule has 5 heteroatoms. The topological polar surface area (TPSA) is 66.0 Å². The quantitative estimate of drug-likeness (QED) is 0.633. The zero-order valence-corrected chi connectivity index (χ0v) is 12.1. The average molecular weight is 286 g/mol. The molecule has 0 bridgehead atoms. The monoisotopic (exact) mass is 286 g/mol. The van der Waals surface area contributed by atoms with Crippen molar-refractivity contribution in [2.45, 2.75) is 32.0 Å². The van der Waals surface area contributed by atoms with Crippen LogP contribution in [0.15, 0.2) is 35.8 Å². The van der Waals surface area contributed by atoms with Crippen LogP contribution in [-0.2, 0) is 13.1 Å². The van der Waals surface area contributed by atoms with E-state index in [4.69, 9.17) is 11.1 Å². The lowest BCUT2D eigenvalue weighted by molar-refractivity contribution is 0.247. The van der Waals surface area contributed by atoms with Gasteiger partial charge in [0.1, 0.15) is 11.5 Å². The maximum atomic E-state index is 7.64. The van der Waals surface area contributed by atoms with Crippen LogP contribution >= 0.6 is 11.3 Å². The molecule has 2 heterocycles. The number of rotatable bonds is 6. The van der Waals surface area contributed by atoms with Crippen LogP contribution in [0.25, 0.3) is 0 Å². The second-order valence-electron chi connectivity index (χ2n) is 5.14. The molecule has 2 aromatic heterocycles. The molecular formula is C15H18N4S. The van der Waals surface area contributed by atoms with Crippen LogP contribution in [0.4, 0.5) is 0 Å². The molecule has 20 heavy (non-hydrogen) atoms. The molecular weight excluding hydrogens is 268 g/mol. The Hall–Kier alpha value is -1.72. The Kier molecular flexibility index (Phi) is 3.80. The number of aromatic nitrogens is 1. The van der Waals surface area contributed by atoms with Gasteiger partial charge in [-0.15, -0.1) is 11.3 Å². The van der Waals surface area contributed by atoms with Crippen molar-refractivity contribution in [1.82, 2.24) is 9.88 Å². The molecule has 1 fully saturated rings. The van der Waals surface area contributed by atoms with Gasteiger partial charge in [-0.05, 0) is 35.9 Å². The lowest BCUT2D eigenvalue weighted by atomic mass is 10.1. The maximum Gasteiger partial charge on any atom is 0.142 e. The fourth-order valence-electron chi connectivity index (χ4n) is 2.38. The first-order valence-electron chi connectivity index (χ1n) is 6.79. The van der Waals surface area contributed by atoms with E-state index in [0.29, 0.717) is 11.7 Å². The highest BCUT2D eigenvalue weighted by atomic mass is 32.1. The van der Waals surface area contributed by atoms with Crippen LogP contribution in [0.1, 0.15) is 29.0 Å². The SMILES string of the molecule is N=C(N)c1ncccc1CN(Cc1cccs1)C1CC1. The van der Waals surface area contributed by atoms with Gasteiger partial charge in [0.05, 0.1) is 0 Å². The van der Waals surface area contributed by atoms with Gasteiger partial charge in [-0.1, -0.05) is 12.1 Å². The first-order valence-corrected chi connectivity index (χ1v) is 7.66. The Labute approximate surface area is 122 Å². The molecule has 0 spiro atoms. The van der Waals surface area contributed by atoms with Crippen molar-refractivity contribution in [3.05, 3.63) is 52.0 Å². The summed E-state index contributed by atoms with van der Waals surface area (Å²) in [7, 11) is 0. The molecule has 0 aromatic carbocycles. The summed E-state index contributed by atoms with van der Waals surface area (Å²) >= 11 is 1.79. The van der Waals surface area contributed by atoms with Gasteiger partial charge in [-0.25, -0.2) is 0 Å². The number of amidine groups is 1. The zero-order chi connectivity index (χ0) is 13.9. The second kappa shape index (κ2) is 5.73. The van der Waals surface area contributed by atoms with E-state index >= 15 is 0 Å². The molecule has 3 N–H and O–H groups in total. The highest BCUT2D eigenvalue weighted by molar-refractivity contribution is 7.09. The Balaban J connectivity index is 1.78. The van der Waals surface area contributed by atoms with Crippen molar-refractivity contribution >= 4 is 17.2 Å². The van der Waals surface area contributed by atoms with Crippen molar-refractivity contribution in [1.29, 1.82) is 5.41 Å². The number of pyridine rings is 1. The first-order chi connectivity index (χ1) is 9.74. The third kappa shape index (κ3) is 3.05. The molecule has 0 amide bonds. The van der Waals surface area contributed by atoms with Gasteiger partial charge in [0.2, 0.25) is 0 Å². The van der Waals surface area contributed by atoms with Crippen LogP contribution in [0, 0.1) is 5.41 Å². The molecule has 0 saturated heterocycles. The van der Waals surface area contributed by atoms with E-state index in [0.717, 1.165) is 18.7 Å². The summed E-state index contributed by atoms with van der Waals surface area (Å²) in [5.41, 5.74) is 7.28. The molecule has 0 radical (unpaired) electrons. The van der Waals surface area contributed by atoms with Gasteiger partial charge in [-0.3, -0.25) is 15.3 Å². The van der Waals surface area contributed by atoms with E-state index in [1.54, 1.807) is 17.5 Å². The van der Waals surface area contributed by atoms with E-state index in [1.807, 2.05) is 12.1 Å². The third-order valence-electron chi connectivity index (χ3n) is 3.52. The van der Waals surface area contributed by atoms with E-state index < -0.39 is 0 Å². The fraction of sp³-hybridized carbons (Fsp3) is 0.333. The van der Waals surface area contributed by atoms with Crippen molar-refractivity contribution < 1.29 is 0 Å². The summed E-state index contributed by atoms with van der Waals surface area (Å²) < 4.78 is 0. The number of nitrogens with one attached hydrogen (secondary N) is 1. The highest BCUT2D eigenvalue weighted by Crippen LogP contribution is 2.30. The lowest BCUT2D eigenvalue weighted by Gasteiger charge is -2.22. The lowest BCUT2D eigenvalue weighted by Crippen LogP contribution is -2.27. The summed E-state index contributed by atoms with van der Waals surface area (Å²) in [6, 6.07) is 8.87. The van der Waals surface area contributed by atoms with E-state index in [9.17, 15) is 0 Å². The van der Waals surface area contributed by atoms with Crippen LogP contribution in [0.2, 0.25) is 0 Å². The summed E-state index contributed by atoms with van der Waals surface area (Å²) in [6.07, 6.45) is 4.23. The van der Waals surface area contributed by atoms with Crippen molar-refractivity contribution in [2.75, 3.05) is 0 Å². The summed E-state index contributed by atoms with van der Waals surface area (Å²) in [5.74, 6) is 0.0486. The smallest absolute Gasteiger partial charge is 0.142 e. The molecule has 1 aliphatic rings. The molecule has 0 atom stereocenters. The second-order valence-corrected chi connectivity index (χ2v) is 6.17. The van der Waals surface area contributed by atoms with Crippen LogP contribution in [0.3, 0.4) is 0 Å². The predicted molar refractivity (Wildman–Crippen MR) is 81.8 cm³/mol. The Morgan fingerprint density at radius 1 is 1.35 bits per heavy atom. The van der Waals surface area contributed by atoms with Gasteiger partial charge in [0, 0.05) is 30.2 Å². The standard InChI is InChI=1S/C15H18N4S/c16-15(17)14-11(3-1-7-18-14)9-19(12-5-6-12)10-13-4-2-8-20-13/h1-4,7-8,12H,5-6,9-10H2,(H3,16,17). The molecule has 1 saturated carbocycles. The van der Waals surface area contributed by atoms with Gasteiger partial charge < -0.3 is 5.73 Å². The minimum Gasteiger partial charge on any atom is -0.382 e. The molecule has 104 valence electrons. The largest absolute Gasteiger partial charge is 0.382 e. The summed E-state index contributed by atoms with van der Waals surface area (Å²) in [4.78, 5) is 8.08. The van der Waals surface area contributed by atoms with E-state index in [1.165, 1.54) is 17.7 Å². The predicted octanol–water partition coefficient (Wildman–Crippen LogP) is 2.59. The normalized spacial score (nSPS) is 14.7. The molecule has 1 aliphatic carbocycles. The molecule has 3 rings (SSSR count). The van der Waals surface area contributed by atoms with Gasteiger partial charge >= 0.3 is 0 Å². The van der Waals surface area contributed by atoms with Gasteiger partial charge in [0.15, 0.2) is 0 Å². The molecule has 0 aliphatic heterocycles. The number of nitrogens with two attached hydrogens (primary N) is 1. The number of nitrogen functional groups attached to an aromatic ring is 1. The Morgan fingerprint density at radius 3 is 2.85 bits per heavy atom. The Morgan fingerprint density at radius 2 is 2.20 bits per heavy atom. The molecule has 4 nitrogen and oxygen atoms in total. The van der Waals surface area contributed by atoms with Crippen LogP contribution in [0.5, 0.6) is 0 Å². The number of nitrogens with zero attached hydrogens (tertiary/aromatic N) is 2. The maximum absolute atomic E-state index is 7.64. The highest BCUT2D eigenvalue weighted by Gasteiger charge is 2.29. The van der Waals surface area contributed by atoms with Crippen molar-refractivity contribution in [2.24, 2.45) is 5.73 Å². The van der Waals surface area contributed by atoms with E-state index in [2.05, 4.69) is 27.4 Å². The number of thiophene rings is 1. The zero-order valence-electron chi connectivity index (χ0n) is 11.2. The Bertz CT molecular complexity index is 590. The minimum absolute atomic E-state index is 0.0486. The first kappa shape index (κ1) is 13.3. The summed E-state index contributed by atoms with van der Waals surface area (Å²) in [5, 5.41) is 9.76. The number of hydrogen-bond donors (Lipinski definition) is 2.